The number of fused-ring (bicyclic) bond motifs is 1. The number of nitriles is 1. The summed E-state index contributed by atoms with van der Waals surface area (Å²) in [7, 11) is -1.14. The summed E-state index contributed by atoms with van der Waals surface area (Å²) in [5.41, 5.74) is 4.18. The van der Waals surface area contributed by atoms with Crippen molar-refractivity contribution in [2.75, 3.05) is 24.6 Å². The van der Waals surface area contributed by atoms with Gasteiger partial charge < -0.3 is 19.5 Å². The minimum Gasteiger partial charge on any atom is -0.366 e. The Morgan fingerprint density at radius 2 is 1.93 bits per heavy atom. The summed E-state index contributed by atoms with van der Waals surface area (Å²) in [6.45, 7) is 13.5. The molecular formula is C31H39N7O2Si. The first kappa shape index (κ1) is 28.6. The molecule has 0 saturated carbocycles. The Hall–Kier alpha value is -3.94. The van der Waals surface area contributed by atoms with Crippen LogP contribution in [0.1, 0.15) is 30.6 Å². The SMILES string of the molecule is CC(C)NC(=O)c1ccc(N2CC(CC#N)(n3cc(-c4ccnc5c4ccn5COCC[Si](C)(C)C)cn3)C2)cc1. The zero-order chi connectivity index (χ0) is 29.2. The number of carbonyl (C=O) groups excluding carboxylic acids is 1. The van der Waals surface area contributed by atoms with Gasteiger partial charge >= 0.3 is 0 Å². The molecule has 1 fully saturated rings. The van der Waals surface area contributed by atoms with E-state index in [-0.39, 0.29) is 11.9 Å². The number of benzene rings is 1. The van der Waals surface area contributed by atoms with E-state index in [9.17, 15) is 10.1 Å². The van der Waals surface area contributed by atoms with Crippen LogP contribution in [-0.2, 0) is 17.0 Å². The molecule has 41 heavy (non-hydrogen) atoms. The van der Waals surface area contributed by atoms with Crippen molar-refractivity contribution in [1.82, 2.24) is 24.6 Å². The second kappa shape index (κ2) is 11.5. The third-order valence-corrected chi connectivity index (χ3v) is 9.27. The zero-order valence-corrected chi connectivity index (χ0v) is 25.6. The molecule has 1 aliphatic rings. The van der Waals surface area contributed by atoms with Crippen LogP contribution in [0.15, 0.2) is 61.2 Å². The molecule has 0 aliphatic carbocycles. The van der Waals surface area contributed by atoms with E-state index < -0.39 is 13.6 Å². The van der Waals surface area contributed by atoms with Crippen LogP contribution in [0.5, 0.6) is 0 Å². The molecule has 1 N–H and O–H groups in total. The van der Waals surface area contributed by atoms with Crippen molar-refractivity contribution in [3.63, 3.8) is 0 Å². The number of nitrogens with zero attached hydrogens (tertiary/aromatic N) is 6. The first-order chi connectivity index (χ1) is 19.6. The van der Waals surface area contributed by atoms with Gasteiger partial charge in [0.2, 0.25) is 0 Å². The van der Waals surface area contributed by atoms with Gasteiger partial charge in [0.25, 0.3) is 5.91 Å². The van der Waals surface area contributed by atoms with Crippen molar-refractivity contribution in [1.29, 1.82) is 5.26 Å². The Labute approximate surface area is 242 Å². The number of amides is 1. The predicted octanol–water partition coefficient (Wildman–Crippen LogP) is 5.48. The van der Waals surface area contributed by atoms with Crippen molar-refractivity contribution in [2.45, 2.75) is 64.3 Å². The Balaban J connectivity index is 1.30. The summed E-state index contributed by atoms with van der Waals surface area (Å²) in [5, 5.41) is 18.4. The van der Waals surface area contributed by atoms with Crippen LogP contribution in [0.4, 0.5) is 5.69 Å². The lowest BCUT2D eigenvalue weighted by molar-refractivity contribution is 0.0898. The highest BCUT2D eigenvalue weighted by molar-refractivity contribution is 6.76. The molecule has 0 unspecified atom stereocenters. The van der Waals surface area contributed by atoms with E-state index in [0.717, 1.165) is 40.5 Å². The Morgan fingerprint density at radius 1 is 1.17 bits per heavy atom. The van der Waals surface area contributed by atoms with E-state index in [1.165, 1.54) is 0 Å². The van der Waals surface area contributed by atoms with Gasteiger partial charge in [-0.1, -0.05) is 19.6 Å². The monoisotopic (exact) mass is 569 g/mol. The number of hydrogen-bond donors (Lipinski definition) is 1. The lowest BCUT2D eigenvalue weighted by atomic mass is 9.86. The fraction of sp³-hybridized carbons (Fsp3) is 0.419. The molecular weight excluding hydrogens is 530 g/mol. The molecule has 0 radical (unpaired) electrons. The highest BCUT2D eigenvalue weighted by Crippen LogP contribution is 2.37. The van der Waals surface area contributed by atoms with Crippen LogP contribution in [0.25, 0.3) is 22.2 Å². The van der Waals surface area contributed by atoms with Gasteiger partial charge in [-0.3, -0.25) is 9.48 Å². The molecule has 4 heterocycles. The molecule has 3 aromatic heterocycles. The number of nitrogens with one attached hydrogen (secondary N) is 1. The van der Waals surface area contributed by atoms with Crippen molar-refractivity contribution in [3.8, 4) is 17.2 Å². The van der Waals surface area contributed by atoms with Crippen LogP contribution in [0.3, 0.4) is 0 Å². The topological polar surface area (TPSA) is 101 Å². The Morgan fingerprint density at radius 3 is 2.61 bits per heavy atom. The molecule has 1 amide bonds. The Kier molecular flexibility index (Phi) is 8.02. The first-order valence-electron chi connectivity index (χ1n) is 14.2. The maximum atomic E-state index is 12.3. The van der Waals surface area contributed by atoms with Crippen molar-refractivity contribution in [2.24, 2.45) is 0 Å². The van der Waals surface area contributed by atoms with Gasteiger partial charge in [-0.15, -0.1) is 0 Å². The maximum absolute atomic E-state index is 12.3. The van der Waals surface area contributed by atoms with Crippen LogP contribution < -0.4 is 10.2 Å². The summed E-state index contributed by atoms with van der Waals surface area (Å²) in [6.07, 6.45) is 8.13. The second-order valence-corrected chi connectivity index (χ2v) is 18.1. The number of pyridine rings is 1. The van der Waals surface area contributed by atoms with Crippen molar-refractivity contribution in [3.05, 3.63) is 66.7 Å². The molecule has 1 aliphatic heterocycles. The molecule has 0 spiro atoms. The summed E-state index contributed by atoms with van der Waals surface area (Å²) >= 11 is 0. The summed E-state index contributed by atoms with van der Waals surface area (Å²) in [6, 6.07) is 15.3. The van der Waals surface area contributed by atoms with Gasteiger partial charge in [-0.2, -0.15) is 10.4 Å². The number of ether oxygens (including phenoxy) is 1. The number of anilines is 1. The molecule has 214 valence electrons. The molecule has 1 aromatic carbocycles. The highest BCUT2D eigenvalue weighted by atomic mass is 28.3. The minimum absolute atomic E-state index is 0.0758. The van der Waals surface area contributed by atoms with E-state index >= 15 is 0 Å². The zero-order valence-electron chi connectivity index (χ0n) is 24.6. The summed E-state index contributed by atoms with van der Waals surface area (Å²) in [5.74, 6) is -0.0758. The van der Waals surface area contributed by atoms with Crippen LogP contribution in [0.2, 0.25) is 25.7 Å². The van der Waals surface area contributed by atoms with E-state index in [0.29, 0.717) is 31.8 Å². The molecule has 9 nitrogen and oxygen atoms in total. The smallest absolute Gasteiger partial charge is 0.251 e. The first-order valence-corrected chi connectivity index (χ1v) is 17.9. The van der Waals surface area contributed by atoms with Gasteiger partial charge in [0.15, 0.2) is 0 Å². The second-order valence-electron chi connectivity index (χ2n) is 12.5. The molecule has 0 atom stereocenters. The number of carbonyl (C=O) groups is 1. The van der Waals surface area contributed by atoms with Crippen molar-refractivity contribution >= 4 is 30.7 Å². The third kappa shape index (κ3) is 6.21. The number of hydrogen-bond acceptors (Lipinski definition) is 6. The average molecular weight is 570 g/mol. The standard InChI is InChI=1S/C31H39N7O2Si/c1-23(2)35-30(39)24-6-8-26(9-7-24)37-20-31(21-37,12-13-32)38-19-25(18-34-38)27-10-14-33-29-28(27)11-15-36(29)22-40-16-17-41(3,4)5/h6-11,14-15,18-19,23H,12,16-17,20-22H2,1-5H3,(H,35,39). The minimum atomic E-state index is -1.14. The van der Waals surface area contributed by atoms with Gasteiger partial charge in [0.1, 0.15) is 17.9 Å². The van der Waals surface area contributed by atoms with E-state index in [1.807, 2.05) is 78.2 Å². The number of rotatable bonds is 11. The van der Waals surface area contributed by atoms with Gasteiger partial charge in [0.05, 0.1) is 18.7 Å². The van der Waals surface area contributed by atoms with Crippen molar-refractivity contribution < 1.29 is 9.53 Å². The molecule has 0 bridgehead atoms. The lowest BCUT2D eigenvalue weighted by Gasteiger charge is -2.50. The average Bonchev–Trinajstić information content (AvgIpc) is 3.56. The van der Waals surface area contributed by atoms with E-state index in [4.69, 9.17) is 9.84 Å². The normalized spacial score (nSPS) is 14.7. The van der Waals surface area contributed by atoms with E-state index in [2.05, 4.69) is 47.0 Å². The molecule has 10 heteroatoms. The van der Waals surface area contributed by atoms with Crippen LogP contribution in [0, 0.1) is 11.3 Å². The van der Waals surface area contributed by atoms with Crippen LogP contribution in [-0.4, -0.2) is 59.1 Å². The van der Waals surface area contributed by atoms with E-state index in [1.54, 1.807) is 0 Å². The van der Waals surface area contributed by atoms with Gasteiger partial charge in [-0.05, 0) is 61.9 Å². The fourth-order valence-electron chi connectivity index (χ4n) is 5.21. The molecule has 4 aromatic rings. The third-order valence-electron chi connectivity index (χ3n) is 7.56. The lowest BCUT2D eigenvalue weighted by Crippen LogP contribution is -2.63. The summed E-state index contributed by atoms with van der Waals surface area (Å²) in [4.78, 5) is 19.2. The van der Waals surface area contributed by atoms with Gasteiger partial charge in [-0.25, -0.2) is 4.98 Å². The van der Waals surface area contributed by atoms with Gasteiger partial charge in [0, 0.05) is 74.6 Å². The van der Waals surface area contributed by atoms with Crippen LogP contribution >= 0.6 is 0 Å². The predicted molar refractivity (Wildman–Crippen MR) is 165 cm³/mol. The highest BCUT2D eigenvalue weighted by Gasteiger charge is 2.45. The summed E-state index contributed by atoms with van der Waals surface area (Å²) < 4.78 is 9.97. The quantitative estimate of drug-likeness (QED) is 0.190. The largest absolute Gasteiger partial charge is 0.366 e. The fourth-order valence-corrected chi connectivity index (χ4v) is 5.97. The number of aromatic nitrogens is 4. The molecule has 1 saturated heterocycles. The molecule has 5 rings (SSSR count). The maximum Gasteiger partial charge on any atom is 0.251 e. The Bertz CT molecular complexity index is 1550.